The minimum atomic E-state index is -4.49. The Bertz CT molecular complexity index is 1600. The van der Waals surface area contributed by atoms with Crippen LogP contribution in [0.2, 0.25) is 0 Å². The van der Waals surface area contributed by atoms with Crippen LogP contribution in [0, 0.1) is 0 Å². The Morgan fingerprint density at radius 1 is 1.05 bits per heavy atom. The molecule has 8 nitrogen and oxygen atoms in total. The number of ether oxygens (including phenoxy) is 1. The monoisotopic (exact) mass is 506 g/mol. The van der Waals surface area contributed by atoms with Crippen LogP contribution in [-0.2, 0) is 19.6 Å². The van der Waals surface area contributed by atoms with Crippen molar-refractivity contribution in [1.29, 1.82) is 0 Å². The van der Waals surface area contributed by atoms with Crippen molar-refractivity contribution in [2.24, 2.45) is 7.05 Å². The number of halogens is 3. The van der Waals surface area contributed by atoms with E-state index in [0.717, 1.165) is 30.3 Å². The summed E-state index contributed by atoms with van der Waals surface area (Å²) >= 11 is 0. The maximum absolute atomic E-state index is 13.0. The third kappa shape index (κ3) is 4.30. The van der Waals surface area contributed by atoms with Crippen molar-refractivity contribution in [3.8, 4) is 28.7 Å². The molecular formula is C26H21F3N6O2. The molecule has 0 N–H and O–H groups in total. The number of aryl methyl sites for hydroxylation is 1. The Hall–Kier alpha value is -4.28. The molecule has 0 amide bonds. The molecule has 0 atom stereocenters. The first-order chi connectivity index (χ1) is 17.8. The predicted molar refractivity (Wildman–Crippen MR) is 128 cm³/mol. The van der Waals surface area contributed by atoms with Gasteiger partial charge >= 0.3 is 6.18 Å². The second-order valence-corrected chi connectivity index (χ2v) is 8.97. The molecule has 1 aromatic carbocycles. The summed E-state index contributed by atoms with van der Waals surface area (Å²) in [7, 11) is 3.09. The zero-order valence-corrected chi connectivity index (χ0v) is 20.0. The van der Waals surface area contributed by atoms with Gasteiger partial charge in [0, 0.05) is 37.3 Å². The van der Waals surface area contributed by atoms with E-state index in [-0.39, 0.29) is 5.82 Å². The second kappa shape index (κ2) is 8.68. The highest BCUT2D eigenvalue weighted by atomic mass is 19.4. The molecule has 1 saturated carbocycles. The van der Waals surface area contributed by atoms with Gasteiger partial charge in [-0.3, -0.25) is 4.98 Å². The summed E-state index contributed by atoms with van der Waals surface area (Å²) in [5.41, 5.74) is 3.98. The highest BCUT2D eigenvalue weighted by Crippen LogP contribution is 2.45. The topological polar surface area (TPSA) is 91.8 Å². The molecule has 0 unspecified atom stereocenters. The van der Waals surface area contributed by atoms with Crippen LogP contribution in [0.15, 0.2) is 53.5 Å². The first-order valence-electron chi connectivity index (χ1n) is 11.7. The summed E-state index contributed by atoms with van der Waals surface area (Å²) in [5, 5.41) is 0. The number of methoxy groups -OCH3 is 1. The molecule has 0 aliphatic heterocycles. The van der Waals surface area contributed by atoms with Crippen LogP contribution in [0.25, 0.3) is 33.9 Å². The van der Waals surface area contributed by atoms with E-state index in [2.05, 4.69) is 24.9 Å². The van der Waals surface area contributed by atoms with Crippen molar-refractivity contribution in [1.82, 2.24) is 29.5 Å². The molecule has 0 saturated heterocycles. The summed E-state index contributed by atoms with van der Waals surface area (Å²) in [6.45, 7) is 0. The smallest absolute Gasteiger partial charge is 0.434 e. The Morgan fingerprint density at radius 2 is 1.84 bits per heavy atom. The summed E-state index contributed by atoms with van der Waals surface area (Å²) in [4.78, 5) is 21.7. The molecule has 188 valence electrons. The predicted octanol–water partition coefficient (Wildman–Crippen LogP) is 5.58. The zero-order valence-electron chi connectivity index (χ0n) is 20.0. The average molecular weight is 506 g/mol. The van der Waals surface area contributed by atoms with Crippen molar-refractivity contribution in [3.05, 3.63) is 71.7 Å². The number of hydrogen-bond acceptors (Lipinski definition) is 7. The summed E-state index contributed by atoms with van der Waals surface area (Å²) in [6.07, 6.45) is 2.19. The third-order valence-electron chi connectivity index (χ3n) is 6.34. The largest absolute Gasteiger partial charge is 0.480 e. The summed E-state index contributed by atoms with van der Waals surface area (Å²) < 4.78 is 52.2. The van der Waals surface area contributed by atoms with Gasteiger partial charge in [0.05, 0.1) is 18.5 Å². The SMILES string of the molecule is COc1ncnc(C2CC2)c1-c1nc2ccnc(Cc3ccc(-c4nc(C(F)(F)F)cn4C)cc3)c2o1. The lowest BCUT2D eigenvalue weighted by Crippen LogP contribution is -2.04. The first kappa shape index (κ1) is 23.1. The molecule has 0 radical (unpaired) electrons. The first-order valence-corrected chi connectivity index (χ1v) is 11.7. The number of alkyl halides is 3. The van der Waals surface area contributed by atoms with Crippen LogP contribution in [0.4, 0.5) is 13.2 Å². The van der Waals surface area contributed by atoms with Gasteiger partial charge in [0.25, 0.3) is 0 Å². The normalized spacial score (nSPS) is 13.9. The van der Waals surface area contributed by atoms with Gasteiger partial charge in [-0.05, 0) is 24.5 Å². The van der Waals surface area contributed by atoms with E-state index in [1.54, 1.807) is 38.6 Å². The van der Waals surface area contributed by atoms with Crippen molar-refractivity contribution in [3.63, 3.8) is 0 Å². The highest BCUT2D eigenvalue weighted by molar-refractivity contribution is 5.79. The Kier molecular flexibility index (Phi) is 5.43. The quantitative estimate of drug-likeness (QED) is 0.297. The average Bonchev–Trinajstić information content (AvgIpc) is 3.51. The minimum Gasteiger partial charge on any atom is -0.480 e. The molecule has 4 aromatic heterocycles. The number of fused-ring (bicyclic) bond motifs is 1. The summed E-state index contributed by atoms with van der Waals surface area (Å²) in [5.74, 6) is 1.37. The highest BCUT2D eigenvalue weighted by Gasteiger charge is 2.35. The number of aromatic nitrogens is 6. The minimum absolute atomic E-state index is 0.240. The molecule has 1 aliphatic carbocycles. The van der Waals surface area contributed by atoms with Crippen molar-refractivity contribution in [2.45, 2.75) is 31.4 Å². The molecule has 11 heteroatoms. The number of rotatable bonds is 6. The van der Waals surface area contributed by atoms with Crippen LogP contribution in [-0.4, -0.2) is 36.6 Å². The Labute approximate surface area is 209 Å². The van der Waals surface area contributed by atoms with Gasteiger partial charge in [0.15, 0.2) is 11.3 Å². The van der Waals surface area contributed by atoms with Gasteiger partial charge in [-0.1, -0.05) is 24.3 Å². The van der Waals surface area contributed by atoms with Gasteiger partial charge in [0.1, 0.15) is 23.2 Å². The fourth-order valence-corrected chi connectivity index (χ4v) is 4.38. The van der Waals surface area contributed by atoms with Crippen molar-refractivity contribution < 1.29 is 22.3 Å². The van der Waals surface area contributed by atoms with Gasteiger partial charge < -0.3 is 13.7 Å². The fraction of sp³-hybridized carbons (Fsp3) is 0.269. The molecule has 1 aliphatic rings. The summed E-state index contributed by atoms with van der Waals surface area (Å²) in [6, 6.07) is 8.96. The standard InChI is InChI=1S/C26H21F3N6O2/c1-35-12-19(26(27,28)29)34-23(35)16-5-3-14(4-6-16)11-18-22-17(9-10-30-18)33-25(37-22)20-21(15-7-8-15)31-13-32-24(20)36-2/h3-6,9-10,12-13,15H,7-8,11H2,1-2H3. The lowest BCUT2D eigenvalue weighted by molar-refractivity contribution is -0.140. The Morgan fingerprint density at radius 3 is 2.51 bits per heavy atom. The van der Waals surface area contributed by atoms with Crippen LogP contribution >= 0.6 is 0 Å². The maximum Gasteiger partial charge on any atom is 0.434 e. The number of pyridine rings is 1. The second-order valence-electron chi connectivity index (χ2n) is 8.97. The van der Waals surface area contributed by atoms with E-state index in [1.165, 1.54) is 10.9 Å². The number of imidazole rings is 1. The van der Waals surface area contributed by atoms with E-state index in [4.69, 9.17) is 9.15 Å². The lowest BCUT2D eigenvalue weighted by atomic mass is 10.1. The number of benzene rings is 1. The third-order valence-corrected chi connectivity index (χ3v) is 6.34. The number of nitrogens with zero attached hydrogens (tertiary/aromatic N) is 6. The van der Waals surface area contributed by atoms with Gasteiger partial charge in [-0.2, -0.15) is 13.2 Å². The van der Waals surface area contributed by atoms with Crippen LogP contribution in [0.1, 0.15) is 41.4 Å². The van der Waals surface area contributed by atoms with Gasteiger partial charge in [0.2, 0.25) is 11.8 Å². The molecule has 0 spiro atoms. The van der Waals surface area contributed by atoms with Crippen molar-refractivity contribution >= 4 is 11.1 Å². The molecular weight excluding hydrogens is 485 g/mol. The van der Waals surface area contributed by atoms with E-state index in [9.17, 15) is 13.2 Å². The lowest BCUT2D eigenvalue weighted by Gasteiger charge is -2.08. The Balaban J connectivity index is 1.32. The molecule has 5 aromatic rings. The molecule has 1 fully saturated rings. The number of oxazole rings is 1. The number of hydrogen-bond donors (Lipinski definition) is 0. The van der Waals surface area contributed by atoms with Crippen LogP contribution in [0.5, 0.6) is 5.88 Å². The van der Waals surface area contributed by atoms with E-state index in [0.29, 0.717) is 52.0 Å². The van der Waals surface area contributed by atoms with Gasteiger partial charge in [-0.15, -0.1) is 0 Å². The maximum atomic E-state index is 13.0. The van der Waals surface area contributed by atoms with E-state index < -0.39 is 11.9 Å². The van der Waals surface area contributed by atoms with Crippen molar-refractivity contribution in [2.75, 3.05) is 7.11 Å². The molecule has 6 rings (SSSR count). The van der Waals surface area contributed by atoms with Crippen LogP contribution in [0.3, 0.4) is 0 Å². The van der Waals surface area contributed by atoms with Crippen LogP contribution < -0.4 is 4.74 Å². The van der Waals surface area contributed by atoms with E-state index in [1.807, 2.05) is 12.1 Å². The molecule has 37 heavy (non-hydrogen) atoms. The fourth-order valence-electron chi connectivity index (χ4n) is 4.38. The molecule has 0 bridgehead atoms. The van der Waals surface area contributed by atoms with Gasteiger partial charge in [-0.25, -0.2) is 19.9 Å². The zero-order chi connectivity index (χ0) is 25.7. The molecule has 4 heterocycles. The van der Waals surface area contributed by atoms with E-state index >= 15 is 0 Å².